The Morgan fingerprint density at radius 2 is 1.22 bits per heavy atom. The molecule has 4 rings (SSSR count). The van der Waals surface area contributed by atoms with Crippen molar-refractivity contribution in [2.24, 2.45) is 11.8 Å². The highest BCUT2D eigenvalue weighted by molar-refractivity contribution is 5.35. The van der Waals surface area contributed by atoms with Crippen LogP contribution in [0.4, 0.5) is 43.9 Å². The van der Waals surface area contributed by atoms with E-state index in [-0.39, 0.29) is 63.2 Å². The minimum Gasteiger partial charge on any atom is -0.453 e. The van der Waals surface area contributed by atoms with Crippen molar-refractivity contribution in [3.05, 3.63) is 71.5 Å². The third kappa shape index (κ3) is 9.05. The monoisotopic (exact) mass is 658 g/mol. The fourth-order valence-corrected chi connectivity index (χ4v) is 5.62. The highest BCUT2D eigenvalue weighted by Crippen LogP contribution is 2.45. The molecule has 0 heterocycles. The number of ether oxygens (including phenoxy) is 4. The fourth-order valence-electron chi connectivity index (χ4n) is 5.62. The Morgan fingerprint density at radius 1 is 0.733 bits per heavy atom. The van der Waals surface area contributed by atoms with E-state index in [1.54, 1.807) is 12.1 Å². The molecule has 2 fully saturated rings. The summed E-state index contributed by atoms with van der Waals surface area (Å²) in [7, 11) is 0. The van der Waals surface area contributed by atoms with E-state index >= 15 is 8.78 Å². The van der Waals surface area contributed by atoms with Crippen LogP contribution in [0.25, 0.3) is 0 Å². The number of benzene rings is 2. The molecule has 2 aliphatic carbocycles. The summed E-state index contributed by atoms with van der Waals surface area (Å²) < 4.78 is 160. The van der Waals surface area contributed by atoms with Gasteiger partial charge in [0, 0.05) is 12.1 Å². The van der Waals surface area contributed by atoms with Crippen LogP contribution in [0.1, 0.15) is 69.4 Å². The van der Waals surface area contributed by atoms with Crippen LogP contribution in [0.2, 0.25) is 0 Å². The van der Waals surface area contributed by atoms with E-state index in [1.165, 1.54) is 12.1 Å². The van der Waals surface area contributed by atoms with Gasteiger partial charge in [0.1, 0.15) is 5.75 Å². The van der Waals surface area contributed by atoms with Crippen molar-refractivity contribution in [1.82, 2.24) is 0 Å². The number of alkyl halides is 6. The van der Waals surface area contributed by atoms with E-state index < -0.39 is 71.6 Å². The van der Waals surface area contributed by atoms with Gasteiger partial charge in [0.05, 0.1) is 29.6 Å². The van der Waals surface area contributed by atoms with Crippen LogP contribution in [0.15, 0.2) is 48.7 Å². The van der Waals surface area contributed by atoms with Crippen molar-refractivity contribution in [2.75, 3.05) is 0 Å². The summed E-state index contributed by atoms with van der Waals surface area (Å²) in [6, 6.07) is 6.38. The average molecular weight is 659 g/mol. The standard InChI is InChI=1S/C31H32F10O4/c1-2-18-3-5-19(6-4-18)29(36,37)43-22-11-7-20(8-12-22)30(38,39)44-23-13-9-21(10-14-23)31(40,41)45-24-15-25(32)28(26(33)16-24)42-17-27(34)35/h3-6,15-17,20-23H,2,7-14H2,1H3. The third-order valence-electron chi connectivity index (χ3n) is 8.13. The molecule has 0 unspecified atom stereocenters. The molecular formula is C31H32F10O4. The van der Waals surface area contributed by atoms with Crippen LogP contribution < -0.4 is 9.47 Å². The molecule has 250 valence electrons. The Labute approximate surface area is 253 Å². The van der Waals surface area contributed by atoms with Crippen LogP contribution >= 0.6 is 0 Å². The first-order valence-electron chi connectivity index (χ1n) is 14.5. The van der Waals surface area contributed by atoms with E-state index in [9.17, 15) is 35.1 Å². The van der Waals surface area contributed by atoms with Crippen molar-refractivity contribution in [3.63, 3.8) is 0 Å². The molecule has 14 heteroatoms. The summed E-state index contributed by atoms with van der Waals surface area (Å²) in [6.45, 7) is 1.89. The smallest absolute Gasteiger partial charge is 0.400 e. The van der Waals surface area contributed by atoms with Crippen molar-refractivity contribution in [1.29, 1.82) is 0 Å². The Morgan fingerprint density at radius 3 is 1.71 bits per heavy atom. The van der Waals surface area contributed by atoms with Crippen molar-refractivity contribution in [2.45, 2.75) is 95.2 Å². The number of halogens is 10. The number of rotatable bonds is 12. The maximum Gasteiger partial charge on any atom is 0.400 e. The molecule has 2 aliphatic rings. The van der Waals surface area contributed by atoms with Crippen molar-refractivity contribution >= 4 is 0 Å². The largest absolute Gasteiger partial charge is 0.453 e. The lowest BCUT2D eigenvalue weighted by atomic mass is 9.85. The zero-order valence-corrected chi connectivity index (χ0v) is 24.1. The van der Waals surface area contributed by atoms with E-state index in [1.807, 2.05) is 6.92 Å². The Balaban J connectivity index is 1.25. The highest BCUT2D eigenvalue weighted by Gasteiger charge is 2.49. The molecule has 0 aliphatic heterocycles. The van der Waals surface area contributed by atoms with Gasteiger partial charge in [-0.1, -0.05) is 31.2 Å². The summed E-state index contributed by atoms with van der Waals surface area (Å²) in [5, 5.41) is 0. The van der Waals surface area contributed by atoms with Crippen molar-refractivity contribution in [3.8, 4) is 11.5 Å². The normalized spacial score (nSPS) is 23.0. The molecule has 0 atom stereocenters. The molecule has 0 saturated heterocycles. The molecule has 2 saturated carbocycles. The molecule has 0 N–H and O–H groups in total. The van der Waals surface area contributed by atoms with Gasteiger partial charge in [-0.15, -0.1) is 0 Å². The predicted octanol–water partition coefficient (Wildman–Crippen LogP) is 10.1. The molecule has 0 aromatic heterocycles. The summed E-state index contributed by atoms with van der Waals surface area (Å²) >= 11 is 0. The summed E-state index contributed by atoms with van der Waals surface area (Å²) in [5.74, 6) is -8.06. The number of hydrogen-bond acceptors (Lipinski definition) is 4. The van der Waals surface area contributed by atoms with Gasteiger partial charge in [-0.3, -0.25) is 0 Å². The molecule has 2 aromatic carbocycles. The maximum atomic E-state index is 15.0. The Bertz CT molecular complexity index is 1270. The van der Waals surface area contributed by atoms with E-state index in [4.69, 9.17) is 9.47 Å². The first kappa shape index (κ1) is 34.9. The van der Waals surface area contributed by atoms with Gasteiger partial charge < -0.3 is 18.9 Å². The fraction of sp³-hybridized carbons (Fsp3) is 0.548. The summed E-state index contributed by atoms with van der Waals surface area (Å²) in [4.78, 5) is 0. The maximum absolute atomic E-state index is 15.0. The topological polar surface area (TPSA) is 36.9 Å². The highest BCUT2D eigenvalue weighted by atomic mass is 19.3. The lowest BCUT2D eigenvalue weighted by Gasteiger charge is -2.38. The third-order valence-corrected chi connectivity index (χ3v) is 8.13. The number of aryl methyl sites for hydroxylation is 1. The molecule has 0 bridgehead atoms. The van der Waals surface area contributed by atoms with E-state index in [0.29, 0.717) is 18.6 Å². The second-order valence-corrected chi connectivity index (χ2v) is 11.2. The van der Waals surface area contributed by atoms with E-state index in [2.05, 4.69) is 9.47 Å². The minimum absolute atomic E-state index is 0.0414. The molecular weight excluding hydrogens is 626 g/mol. The molecule has 2 aromatic rings. The quantitative estimate of drug-likeness (QED) is 0.168. The van der Waals surface area contributed by atoms with E-state index in [0.717, 1.165) is 5.56 Å². The van der Waals surface area contributed by atoms with Crippen LogP contribution in [0.5, 0.6) is 11.5 Å². The van der Waals surface area contributed by atoms with Crippen LogP contribution in [0.3, 0.4) is 0 Å². The van der Waals surface area contributed by atoms with Gasteiger partial charge in [0.2, 0.25) is 0 Å². The van der Waals surface area contributed by atoms with Gasteiger partial charge in [-0.2, -0.15) is 35.1 Å². The van der Waals surface area contributed by atoms with Crippen LogP contribution in [0, 0.1) is 23.5 Å². The Kier molecular flexibility index (Phi) is 11.0. The summed E-state index contributed by atoms with van der Waals surface area (Å²) in [5.41, 5.74) is 0.555. The molecule has 0 spiro atoms. The average Bonchev–Trinajstić information content (AvgIpc) is 2.96. The molecule has 0 radical (unpaired) electrons. The van der Waals surface area contributed by atoms with Gasteiger partial charge in [0.25, 0.3) is 0 Å². The van der Waals surface area contributed by atoms with Gasteiger partial charge >= 0.3 is 24.4 Å². The zero-order valence-electron chi connectivity index (χ0n) is 24.1. The number of hydrogen-bond donors (Lipinski definition) is 0. The first-order valence-corrected chi connectivity index (χ1v) is 14.5. The molecule has 45 heavy (non-hydrogen) atoms. The second kappa shape index (κ2) is 14.2. The zero-order chi connectivity index (χ0) is 33.0. The molecule has 4 nitrogen and oxygen atoms in total. The van der Waals surface area contributed by atoms with Gasteiger partial charge in [-0.25, -0.2) is 8.78 Å². The molecule has 0 amide bonds. The van der Waals surface area contributed by atoms with Crippen molar-refractivity contribution < 1.29 is 62.9 Å². The van der Waals surface area contributed by atoms with Gasteiger partial charge in [0.15, 0.2) is 23.6 Å². The SMILES string of the molecule is CCc1ccc(C(F)(F)OC2CCC(C(F)(F)OC3CCC(C(F)(F)Oc4cc(F)c(OC=C(F)F)c(F)c4)CC3)CC2)cc1. The Hall–Kier alpha value is -3.00. The lowest BCUT2D eigenvalue weighted by molar-refractivity contribution is -0.314. The predicted molar refractivity (Wildman–Crippen MR) is 141 cm³/mol. The van der Waals surface area contributed by atoms with Crippen LogP contribution in [-0.4, -0.2) is 24.4 Å². The lowest BCUT2D eigenvalue weighted by Crippen LogP contribution is -2.42. The van der Waals surface area contributed by atoms with Crippen LogP contribution in [-0.2, 0) is 22.0 Å². The minimum atomic E-state index is -3.95. The second-order valence-electron chi connectivity index (χ2n) is 11.2. The summed E-state index contributed by atoms with van der Waals surface area (Å²) in [6.07, 6.45) is -16.4. The van der Waals surface area contributed by atoms with Gasteiger partial charge in [-0.05, 0) is 63.4 Å². The first-order chi connectivity index (χ1) is 21.1.